The van der Waals surface area contributed by atoms with E-state index in [0.29, 0.717) is 10.6 Å². The second-order valence-corrected chi connectivity index (χ2v) is 6.90. The molecule has 5 nitrogen and oxygen atoms in total. The highest BCUT2D eigenvalue weighted by Gasteiger charge is 2.22. The lowest BCUT2D eigenvalue weighted by Gasteiger charge is -2.09. The molecule has 0 fully saturated rings. The van der Waals surface area contributed by atoms with Crippen molar-refractivity contribution >= 4 is 28.2 Å². The summed E-state index contributed by atoms with van der Waals surface area (Å²) in [5, 5.41) is 8.36. The lowest BCUT2D eigenvalue weighted by molar-refractivity contribution is -0.115. The minimum absolute atomic E-state index is 0.163. The molecule has 0 spiro atoms. The highest BCUT2D eigenvalue weighted by Crippen LogP contribution is 2.36. The highest BCUT2D eigenvalue weighted by atomic mass is 32.1. The van der Waals surface area contributed by atoms with E-state index in [0.717, 1.165) is 36.1 Å². The lowest BCUT2D eigenvalue weighted by Crippen LogP contribution is -2.29. The van der Waals surface area contributed by atoms with Crippen LogP contribution in [0.25, 0.3) is 11.1 Å². The van der Waals surface area contributed by atoms with Crippen LogP contribution in [-0.2, 0) is 9.53 Å². The number of esters is 1. The number of thiophene rings is 1. The molecular formula is C20H26N2O3S. The van der Waals surface area contributed by atoms with Crippen molar-refractivity contribution in [3.63, 3.8) is 0 Å². The van der Waals surface area contributed by atoms with Crippen molar-refractivity contribution in [1.82, 2.24) is 5.32 Å². The van der Waals surface area contributed by atoms with Crippen LogP contribution in [0, 0.1) is 6.92 Å². The molecule has 1 aromatic carbocycles. The number of aryl methyl sites for hydroxylation is 1. The van der Waals surface area contributed by atoms with Crippen molar-refractivity contribution in [2.75, 3.05) is 25.0 Å². The summed E-state index contributed by atoms with van der Waals surface area (Å²) in [6.45, 7) is 7.19. The van der Waals surface area contributed by atoms with Crippen LogP contribution in [0.3, 0.4) is 0 Å². The average molecular weight is 375 g/mol. The number of benzene rings is 1. The summed E-state index contributed by atoms with van der Waals surface area (Å²) < 4.78 is 5.21. The Bertz CT molecular complexity index is 738. The van der Waals surface area contributed by atoms with Gasteiger partial charge in [-0.2, -0.15) is 0 Å². The van der Waals surface area contributed by atoms with Crippen LogP contribution < -0.4 is 10.6 Å². The Labute approximate surface area is 158 Å². The molecular weight excluding hydrogens is 348 g/mol. The number of unbranched alkanes of at least 4 members (excludes halogenated alkanes) is 1. The quantitative estimate of drug-likeness (QED) is 0.509. The third kappa shape index (κ3) is 5.41. The monoisotopic (exact) mass is 374 g/mol. The van der Waals surface area contributed by atoms with E-state index < -0.39 is 5.97 Å². The van der Waals surface area contributed by atoms with E-state index >= 15 is 0 Å². The zero-order chi connectivity index (χ0) is 18.9. The number of anilines is 1. The maximum Gasteiger partial charge on any atom is 0.341 e. The van der Waals surface area contributed by atoms with E-state index in [9.17, 15) is 9.59 Å². The van der Waals surface area contributed by atoms with Gasteiger partial charge in [0.1, 0.15) is 10.6 Å². The number of amides is 1. The predicted octanol–water partition coefficient (Wildman–Crippen LogP) is 4.23. The SMILES string of the molecule is CCCCNCC(=O)Nc1scc(-c2ccc(C)cc2)c1C(=O)OCC. The van der Waals surface area contributed by atoms with Gasteiger partial charge in [-0.05, 0) is 32.4 Å². The molecule has 1 amide bonds. The van der Waals surface area contributed by atoms with Crippen molar-refractivity contribution in [2.45, 2.75) is 33.6 Å². The molecule has 0 aliphatic heterocycles. The number of hydrogen-bond donors (Lipinski definition) is 2. The van der Waals surface area contributed by atoms with Gasteiger partial charge in [0.25, 0.3) is 0 Å². The molecule has 1 heterocycles. The van der Waals surface area contributed by atoms with Crippen molar-refractivity contribution in [1.29, 1.82) is 0 Å². The van der Waals surface area contributed by atoms with E-state index in [1.54, 1.807) is 6.92 Å². The summed E-state index contributed by atoms with van der Waals surface area (Å²) in [4.78, 5) is 24.7. The molecule has 26 heavy (non-hydrogen) atoms. The molecule has 1 aromatic heterocycles. The maximum absolute atomic E-state index is 12.5. The van der Waals surface area contributed by atoms with Crippen LogP contribution in [0.15, 0.2) is 29.6 Å². The Hall–Kier alpha value is -2.18. The molecule has 0 aliphatic rings. The van der Waals surface area contributed by atoms with E-state index in [1.807, 2.05) is 36.6 Å². The second-order valence-electron chi connectivity index (χ2n) is 6.02. The van der Waals surface area contributed by atoms with Crippen LogP contribution in [0.1, 0.15) is 42.6 Å². The normalized spacial score (nSPS) is 10.6. The molecule has 0 radical (unpaired) electrons. The standard InChI is InChI=1S/C20H26N2O3S/c1-4-6-11-21-12-17(23)22-19-18(20(24)25-5-2)16(13-26-19)15-9-7-14(3)8-10-15/h7-10,13,21H,4-6,11-12H2,1-3H3,(H,22,23). The Morgan fingerprint density at radius 3 is 2.54 bits per heavy atom. The molecule has 2 rings (SSSR count). The highest BCUT2D eigenvalue weighted by molar-refractivity contribution is 7.15. The smallest absolute Gasteiger partial charge is 0.341 e. The van der Waals surface area contributed by atoms with Gasteiger partial charge < -0.3 is 15.4 Å². The van der Waals surface area contributed by atoms with Gasteiger partial charge in [0.05, 0.1) is 13.2 Å². The first kappa shape index (κ1) is 20.1. The fourth-order valence-corrected chi connectivity index (χ4v) is 3.45. The van der Waals surface area contributed by atoms with Crippen molar-refractivity contribution in [2.24, 2.45) is 0 Å². The Kier molecular flexibility index (Phi) is 7.81. The summed E-state index contributed by atoms with van der Waals surface area (Å²) in [6, 6.07) is 7.94. The van der Waals surface area contributed by atoms with E-state index in [-0.39, 0.29) is 19.1 Å². The van der Waals surface area contributed by atoms with Gasteiger partial charge >= 0.3 is 5.97 Å². The molecule has 140 valence electrons. The first-order valence-electron chi connectivity index (χ1n) is 8.93. The largest absolute Gasteiger partial charge is 0.462 e. The van der Waals surface area contributed by atoms with Gasteiger partial charge in [0.15, 0.2) is 0 Å². The van der Waals surface area contributed by atoms with Gasteiger partial charge in [-0.25, -0.2) is 4.79 Å². The summed E-state index contributed by atoms with van der Waals surface area (Å²) in [6.07, 6.45) is 2.10. The fourth-order valence-electron chi connectivity index (χ4n) is 2.48. The zero-order valence-corrected chi connectivity index (χ0v) is 16.4. The number of rotatable bonds is 9. The van der Waals surface area contributed by atoms with Crippen molar-refractivity contribution in [3.05, 3.63) is 40.8 Å². The molecule has 0 saturated heterocycles. The minimum Gasteiger partial charge on any atom is -0.462 e. The molecule has 0 atom stereocenters. The van der Waals surface area contributed by atoms with Crippen LogP contribution in [-0.4, -0.2) is 31.6 Å². The Morgan fingerprint density at radius 1 is 1.15 bits per heavy atom. The summed E-state index contributed by atoms with van der Waals surface area (Å²) in [5.41, 5.74) is 3.27. The first-order valence-corrected chi connectivity index (χ1v) is 9.81. The number of carbonyl (C=O) groups excluding carboxylic acids is 2. The first-order chi connectivity index (χ1) is 12.6. The van der Waals surface area contributed by atoms with E-state index in [4.69, 9.17) is 4.74 Å². The number of ether oxygens (including phenoxy) is 1. The molecule has 0 saturated carbocycles. The molecule has 0 bridgehead atoms. The van der Waals surface area contributed by atoms with E-state index in [1.165, 1.54) is 11.3 Å². The molecule has 6 heteroatoms. The number of nitrogens with one attached hydrogen (secondary N) is 2. The summed E-state index contributed by atoms with van der Waals surface area (Å²) >= 11 is 1.34. The molecule has 2 N–H and O–H groups in total. The predicted molar refractivity (Wildman–Crippen MR) is 107 cm³/mol. The number of hydrogen-bond acceptors (Lipinski definition) is 5. The maximum atomic E-state index is 12.5. The second kappa shape index (κ2) is 10.1. The third-order valence-corrected chi connectivity index (χ3v) is 4.77. The summed E-state index contributed by atoms with van der Waals surface area (Å²) in [5.74, 6) is -0.581. The molecule has 0 aliphatic carbocycles. The third-order valence-electron chi connectivity index (χ3n) is 3.88. The molecule has 2 aromatic rings. The van der Waals surface area contributed by atoms with Crippen LogP contribution in [0.5, 0.6) is 0 Å². The fraction of sp³-hybridized carbons (Fsp3) is 0.400. The summed E-state index contributed by atoms with van der Waals surface area (Å²) in [7, 11) is 0. The van der Waals surface area contributed by atoms with Gasteiger partial charge in [-0.1, -0.05) is 43.2 Å². The number of carbonyl (C=O) groups is 2. The van der Waals surface area contributed by atoms with Crippen molar-refractivity contribution in [3.8, 4) is 11.1 Å². The van der Waals surface area contributed by atoms with Gasteiger partial charge in [-0.3, -0.25) is 4.79 Å². The zero-order valence-electron chi connectivity index (χ0n) is 15.6. The average Bonchev–Trinajstić information content (AvgIpc) is 3.03. The Morgan fingerprint density at radius 2 is 1.88 bits per heavy atom. The van der Waals surface area contributed by atoms with E-state index in [2.05, 4.69) is 17.6 Å². The van der Waals surface area contributed by atoms with Crippen LogP contribution in [0.4, 0.5) is 5.00 Å². The van der Waals surface area contributed by atoms with Gasteiger partial charge in [0, 0.05) is 10.9 Å². The molecule has 0 unspecified atom stereocenters. The van der Waals surface area contributed by atoms with Gasteiger partial charge in [-0.15, -0.1) is 11.3 Å². The van der Waals surface area contributed by atoms with Crippen LogP contribution >= 0.6 is 11.3 Å². The van der Waals surface area contributed by atoms with Crippen LogP contribution in [0.2, 0.25) is 0 Å². The Balaban J connectivity index is 2.21. The van der Waals surface area contributed by atoms with Gasteiger partial charge in [0.2, 0.25) is 5.91 Å². The topological polar surface area (TPSA) is 67.4 Å². The minimum atomic E-state index is -0.418. The lowest BCUT2D eigenvalue weighted by atomic mass is 10.0. The van der Waals surface area contributed by atoms with Crippen molar-refractivity contribution < 1.29 is 14.3 Å².